The van der Waals surface area contributed by atoms with Crippen LogP contribution in [0.1, 0.15) is 5.56 Å². The van der Waals surface area contributed by atoms with E-state index in [1.807, 2.05) is 9.97 Å². The van der Waals surface area contributed by atoms with Crippen molar-refractivity contribution in [1.29, 1.82) is 0 Å². The molecule has 0 radical (unpaired) electrons. The summed E-state index contributed by atoms with van der Waals surface area (Å²) in [6.07, 6.45) is 0. The van der Waals surface area contributed by atoms with Gasteiger partial charge >= 0.3 is 11.1 Å². The fraction of sp³-hybridized carbons (Fsp3) is 0.111. The van der Waals surface area contributed by atoms with E-state index in [0.29, 0.717) is 0 Å². The average molecular weight is 293 g/mol. The molecule has 0 saturated heterocycles. The minimum absolute atomic E-state index is 0.0256. The fourth-order valence-electron chi connectivity index (χ4n) is 1.65. The lowest BCUT2D eigenvalue weighted by atomic mass is 10.2. The second kappa shape index (κ2) is 3.92. The molecule has 0 saturated carbocycles. The molecule has 1 aromatic carbocycles. The first-order valence-corrected chi connectivity index (χ1v) is 6.93. The lowest BCUT2D eigenvalue weighted by Crippen LogP contribution is -2.29. The van der Waals surface area contributed by atoms with Crippen molar-refractivity contribution in [3.05, 3.63) is 38.2 Å². The fourth-order valence-corrected chi connectivity index (χ4v) is 3.09. The number of fused-ring (bicyclic) bond motifs is 1. The third-order valence-corrected chi connectivity index (χ3v) is 3.82. The quantitative estimate of drug-likeness (QED) is 0.593. The Morgan fingerprint density at radius 1 is 1.17 bits per heavy atom. The Morgan fingerprint density at radius 3 is 2.17 bits per heavy atom. The SMILES string of the molecule is Cc1cc(F)c2[nH]c(=O)c(=O)[nH]c2c1S(=O)(=O)Cl. The standard InChI is InChI=1S/C9H6ClFN2O4S/c1-3-2-4(11)5-6(7(3)18(10,16)17)13-9(15)8(14)12-5/h2H,1H3,(H,12,14)(H,13,15). The molecule has 0 atom stereocenters. The zero-order chi connectivity index (χ0) is 13.7. The van der Waals surface area contributed by atoms with E-state index in [-0.39, 0.29) is 11.1 Å². The molecule has 0 aliphatic carbocycles. The number of hydrogen-bond donors (Lipinski definition) is 2. The van der Waals surface area contributed by atoms with Gasteiger partial charge in [0.1, 0.15) is 16.2 Å². The van der Waals surface area contributed by atoms with Crippen molar-refractivity contribution in [3.8, 4) is 0 Å². The molecule has 1 aromatic heterocycles. The molecule has 1 heterocycles. The van der Waals surface area contributed by atoms with E-state index < -0.39 is 36.4 Å². The van der Waals surface area contributed by atoms with Crippen LogP contribution in [0.5, 0.6) is 0 Å². The minimum atomic E-state index is -4.19. The van der Waals surface area contributed by atoms with Crippen LogP contribution in [0, 0.1) is 12.7 Å². The van der Waals surface area contributed by atoms with Gasteiger partial charge in [-0.15, -0.1) is 0 Å². The molecule has 2 rings (SSSR count). The third-order valence-electron chi connectivity index (χ3n) is 2.34. The predicted molar refractivity (Wildman–Crippen MR) is 62.9 cm³/mol. The molecule has 0 aliphatic rings. The second-order valence-corrected chi connectivity index (χ2v) is 6.10. The number of aryl methyl sites for hydroxylation is 1. The van der Waals surface area contributed by atoms with Gasteiger partial charge in [0.15, 0.2) is 0 Å². The van der Waals surface area contributed by atoms with E-state index >= 15 is 0 Å². The molecule has 0 spiro atoms. The molecule has 0 bridgehead atoms. The summed E-state index contributed by atoms with van der Waals surface area (Å²) in [5.74, 6) is -0.861. The zero-order valence-electron chi connectivity index (χ0n) is 8.87. The Bertz CT molecular complexity index is 868. The van der Waals surface area contributed by atoms with Crippen molar-refractivity contribution in [3.63, 3.8) is 0 Å². The molecular weight excluding hydrogens is 287 g/mol. The summed E-state index contributed by atoms with van der Waals surface area (Å²) < 4.78 is 36.4. The second-order valence-electron chi connectivity index (χ2n) is 3.60. The summed E-state index contributed by atoms with van der Waals surface area (Å²) in [6.45, 7) is 1.32. The third kappa shape index (κ3) is 1.93. The van der Waals surface area contributed by atoms with Crippen molar-refractivity contribution >= 4 is 30.8 Å². The van der Waals surface area contributed by atoms with Crippen LogP contribution >= 0.6 is 10.7 Å². The van der Waals surface area contributed by atoms with E-state index in [0.717, 1.165) is 6.07 Å². The van der Waals surface area contributed by atoms with Gasteiger partial charge in [0.2, 0.25) is 0 Å². The van der Waals surface area contributed by atoms with E-state index in [1.165, 1.54) is 6.92 Å². The zero-order valence-corrected chi connectivity index (χ0v) is 10.4. The van der Waals surface area contributed by atoms with Gasteiger partial charge in [-0.05, 0) is 18.6 Å². The van der Waals surface area contributed by atoms with Gasteiger partial charge in [-0.3, -0.25) is 9.59 Å². The van der Waals surface area contributed by atoms with E-state index in [9.17, 15) is 22.4 Å². The highest BCUT2D eigenvalue weighted by atomic mass is 35.7. The monoisotopic (exact) mass is 292 g/mol. The molecule has 2 aromatic rings. The van der Waals surface area contributed by atoms with Crippen molar-refractivity contribution in [2.75, 3.05) is 0 Å². The number of H-pyrrole nitrogens is 2. The molecule has 0 unspecified atom stereocenters. The van der Waals surface area contributed by atoms with Crippen molar-refractivity contribution in [2.24, 2.45) is 0 Å². The molecular formula is C9H6ClFN2O4S. The number of nitrogens with one attached hydrogen (secondary N) is 2. The Morgan fingerprint density at radius 2 is 1.67 bits per heavy atom. The van der Waals surface area contributed by atoms with Gasteiger partial charge < -0.3 is 9.97 Å². The van der Waals surface area contributed by atoms with E-state index in [1.54, 1.807) is 0 Å². The molecule has 9 heteroatoms. The normalized spacial score (nSPS) is 11.9. The molecule has 0 aliphatic heterocycles. The summed E-state index contributed by atoms with van der Waals surface area (Å²) in [5.41, 5.74) is -2.91. The summed E-state index contributed by atoms with van der Waals surface area (Å²) >= 11 is 0. The van der Waals surface area contributed by atoms with Gasteiger partial charge in [0.25, 0.3) is 9.05 Å². The maximum Gasteiger partial charge on any atom is 0.314 e. The first-order valence-electron chi connectivity index (χ1n) is 4.62. The summed E-state index contributed by atoms with van der Waals surface area (Å²) in [5, 5.41) is 0. The smallest absolute Gasteiger partial charge is 0.314 e. The van der Waals surface area contributed by atoms with E-state index in [4.69, 9.17) is 10.7 Å². The minimum Gasteiger partial charge on any atom is -0.315 e. The Kier molecular flexibility index (Phi) is 2.78. The molecule has 18 heavy (non-hydrogen) atoms. The van der Waals surface area contributed by atoms with Crippen LogP contribution in [-0.4, -0.2) is 18.4 Å². The van der Waals surface area contributed by atoms with Crippen LogP contribution in [0.4, 0.5) is 4.39 Å². The predicted octanol–water partition coefficient (Wildman–Crippen LogP) is 0.591. The topological polar surface area (TPSA) is 99.9 Å². The Hall–Kier alpha value is -1.67. The summed E-state index contributed by atoms with van der Waals surface area (Å²) in [4.78, 5) is 25.8. The van der Waals surface area contributed by atoms with Gasteiger partial charge in [0.05, 0.1) is 5.52 Å². The van der Waals surface area contributed by atoms with Crippen molar-refractivity contribution in [1.82, 2.24) is 9.97 Å². The number of aromatic nitrogens is 2. The van der Waals surface area contributed by atoms with Gasteiger partial charge in [-0.25, -0.2) is 12.8 Å². The molecule has 96 valence electrons. The Labute approximate surface area is 104 Å². The molecule has 0 amide bonds. The Balaban J connectivity index is 3.19. The number of rotatable bonds is 1. The number of hydrogen-bond acceptors (Lipinski definition) is 4. The highest BCUT2D eigenvalue weighted by molar-refractivity contribution is 8.14. The van der Waals surface area contributed by atoms with Gasteiger partial charge in [-0.2, -0.15) is 0 Å². The maximum absolute atomic E-state index is 13.6. The highest BCUT2D eigenvalue weighted by Gasteiger charge is 2.21. The molecule has 0 fully saturated rings. The van der Waals surface area contributed by atoms with Crippen LogP contribution in [-0.2, 0) is 9.05 Å². The average Bonchev–Trinajstić information content (AvgIpc) is 2.19. The molecule has 6 nitrogen and oxygen atoms in total. The van der Waals surface area contributed by atoms with Gasteiger partial charge in [0, 0.05) is 10.7 Å². The highest BCUT2D eigenvalue weighted by Crippen LogP contribution is 2.27. The lowest BCUT2D eigenvalue weighted by molar-refractivity contribution is 0.608. The largest absolute Gasteiger partial charge is 0.315 e. The van der Waals surface area contributed by atoms with Gasteiger partial charge in [-0.1, -0.05) is 0 Å². The number of benzene rings is 1. The van der Waals surface area contributed by atoms with Crippen LogP contribution in [0.15, 0.2) is 20.6 Å². The number of halogens is 2. The molecule has 2 N–H and O–H groups in total. The van der Waals surface area contributed by atoms with E-state index in [2.05, 4.69) is 0 Å². The van der Waals surface area contributed by atoms with Crippen molar-refractivity contribution in [2.45, 2.75) is 11.8 Å². The van der Waals surface area contributed by atoms with Crippen LogP contribution < -0.4 is 11.1 Å². The summed E-state index contributed by atoms with van der Waals surface area (Å²) in [6, 6.07) is 0.909. The summed E-state index contributed by atoms with van der Waals surface area (Å²) in [7, 11) is 1.03. The van der Waals surface area contributed by atoms with Crippen LogP contribution in [0.2, 0.25) is 0 Å². The maximum atomic E-state index is 13.6. The lowest BCUT2D eigenvalue weighted by Gasteiger charge is -2.07. The first-order chi connectivity index (χ1) is 8.21. The number of aromatic amines is 2. The first kappa shape index (κ1) is 12.8. The van der Waals surface area contributed by atoms with Crippen molar-refractivity contribution < 1.29 is 12.8 Å². The van der Waals surface area contributed by atoms with Crippen LogP contribution in [0.25, 0.3) is 11.0 Å². The van der Waals surface area contributed by atoms with Crippen LogP contribution in [0.3, 0.4) is 0 Å².